The molecule has 1 aromatic heterocycles. The second kappa shape index (κ2) is 8.78. The third-order valence-electron chi connectivity index (χ3n) is 6.27. The minimum Gasteiger partial charge on any atom is -0.508 e. The largest absolute Gasteiger partial charge is 0.508 e. The van der Waals surface area contributed by atoms with Crippen molar-refractivity contribution in [3.05, 3.63) is 64.0 Å². The van der Waals surface area contributed by atoms with Crippen molar-refractivity contribution in [2.24, 2.45) is 0 Å². The van der Waals surface area contributed by atoms with Crippen LogP contribution in [0.5, 0.6) is 17.2 Å². The Balaban J connectivity index is 1.25. The second-order valence-electron chi connectivity index (χ2n) is 8.39. The molecule has 1 saturated heterocycles. The summed E-state index contributed by atoms with van der Waals surface area (Å²) in [5, 5.41) is 11.0. The summed E-state index contributed by atoms with van der Waals surface area (Å²) in [6, 6.07) is 12.3. The Morgan fingerprint density at radius 2 is 1.82 bits per heavy atom. The van der Waals surface area contributed by atoms with E-state index in [0.29, 0.717) is 56.2 Å². The number of fused-ring (bicyclic) bond motifs is 2. The number of hydrogen-bond acceptors (Lipinski definition) is 7. The van der Waals surface area contributed by atoms with Gasteiger partial charge in [0, 0.05) is 50.2 Å². The molecule has 1 unspecified atom stereocenters. The number of carbonyl (C=O) groups is 1. The van der Waals surface area contributed by atoms with E-state index in [9.17, 15) is 14.7 Å². The van der Waals surface area contributed by atoms with Crippen molar-refractivity contribution in [1.29, 1.82) is 0 Å². The van der Waals surface area contributed by atoms with Crippen LogP contribution in [0.4, 0.5) is 0 Å². The van der Waals surface area contributed by atoms with Gasteiger partial charge in [0.15, 0.2) is 11.5 Å². The van der Waals surface area contributed by atoms with Crippen LogP contribution in [0.1, 0.15) is 18.1 Å². The Morgan fingerprint density at radius 1 is 1.06 bits per heavy atom. The number of carbonyl (C=O) groups excluding carboxylic acids is 1. The summed E-state index contributed by atoms with van der Waals surface area (Å²) in [5.74, 6) is 1.31. The molecule has 8 heteroatoms. The Bertz CT molecular complexity index is 1250. The molecule has 2 aromatic carbocycles. The Labute approximate surface area is 190 Å². The molecule has 8 nitrogen and oxygen atoms in total. The molecule has 2 aliphatic heterocycles. The summed E-state index contributed by atoms with van der Waals surface area (Å²) >= 11 is 0. The Kier molecular flexibility index (Phi) is 5.68. The summed E-state index contributed by atoms with van der Waals surface area (Å²) in [4.78, 5) is 29.1. The first-order valence-corrected chi connectivity index (χ1v) is 11.2. The number of hydrogen-bond donors (Lipinski definition) is 1. The molecule has 0 spiro atoms. The quantitative estimate of drug-likeness (QED) is 0.611. The average Bonchev–Trinajstić information content (AvgIpc) is 2.83. The highest BCUT2D eigenvalue weighted by Crippen LogP contribution is 2.31. The molecule has 0 aliphatic carbocycles. The SMILES string of the molecule is CCc1cc2c(CN3CCN(C(=O)C4COc5ccccc5O4)CC3)cc(=O)oc2cc1O. The molecule has 3 heterocycles. The first kappa shape index (κ1) is 21.3. The van der Waals surface area contributed by atoms with Crippen LogP contribution in [0.25, 0.3) is 11.0 Å². The van der Waals surface area contributed by atoms with E-state index >= 15 is 0 Å². The van der Waals surface area contributed by atoms with Crippen molar-refractivity contribution >= 4 is 16.9 Å². The van der Waals surface area contributed by atoms with E-state index in [0.717, 1.165) is 16.5 Å². The molecule has 5 rings (SSSR count). The maximum absolute atomic E-state index is 13.0. The molecular formula is C25H26N2O6. The molecule has 33 heavy (non-hydrogen) atoms. The van der Waals surface area contributed by atoms with Crippen LogP contribution >= 0.6 is 0 Å². The normalized spacial score (nSPS) is 18.5. The predicted octanol–water partition coefficient (Wildman–Crippen LogP) is 2.55. The number of para-hydroxylation sites is 2. The van der Waals surface area contributed by atoms with Crippen molar-refractivity contribution in [2.75, 3.05) is 32.8 Å². The monoisotopic (exact) mass is 450 g/mol. The molecule has 0 bridgehead atoms. The fourth-order valence-corrected chi connectivity index (χ4v) is 4.43. The first-order valence-electron chi connectivity index (χ1n) is 11.2. The van der Waals surface area contributed by atoms with Crippen molar-refractivity contribution in [3.8, 4) is 17.2 Å². The Morgan fingerprint density at radius 3 is 2.58 bits per heavy atom. The van der Waals surface area contributed by atoms with Gasteiger partial charge in [0.05, 0.1) is 0 Å². The molecule has 2 aliphatic rings. The van der Waals surface area contributed by atoms with Gasteiger partial charge < -0.3 is 23.9 Å². The van der Waals surface area contributed by atoms with Gasteiger partial charge in [-0.2, -0.15) is 0 Å². The predicted molar refractivity (Wildman–Crippen MR) is 122 cm³/mol. The molecule has 0 saturated carbocycles. The van der Waals surface area contributed by atoms with Gasteiger partial charge in [-0.25, -0.2) is 4.79 Å². The fourth-order valence-electron chi connectivity index (χ4n) is 4.43. The number of phenolic OH excluding ortho intramolecular Hbond substituents is 1. The molecule has 1 atom stereocenters. The van der Waals surface area contributed by atoms with E-state index in [1.807, 2.05) is 36.1 Å². The molecule has 1 N–H and O–H groups in total. The van der Waals surface area contributed by atoms with Gasteiger partial charge in [0.25, 0.3) is 5.91 Å². The zero-order chi connectivity index (χ0) is 22.9. The van der Waals surface area contributed by atoms with Gasteiger partial charge in [-0.15, -0.1) is 0 Å². The summed E-state index contributed by atoms with van der Waals surface area (Å²) < 4.78 is 16.9. The van der Waals surface area contributed by atoms with E-state index in [-0.39, 0.29) is 18.3 Å². The van der Waals surface area contributed by atoms with E-state index in [4.69, 9.17) is 13.9 Å². The van der Waals surface area contributed by atoms with E-state index in [1.54, 1.807) is 6.07 Å². The number of aryl methyl sites for hydroxylation is 1. The highest BCUT2D eigenvalue weighted by Gasteiger charge is 2.32. The van der Waals surface area contributed by atoms with Gasteiger partial charge in [-0.05, 0) is 35.7 Å². The van der Waals surface area contributed by atoms with Crippen LogP contribution < -0.4 is 15.1 Å². The van der Waals surface area contributed by atoms with Gasteiger partial charge in [-0.1, -0.05) is 19.1 Å². The first-order chi connectivity index (χ1) is 16.0. The standard InChI is InChI=1S/C25H26N2O6/c1-2-16-11-18-17(12-24(29)33-22(18)13-19(16)28)14-26-7-9-27(10-8-26)25(30)23-15-31-20-5-3-4-6-21(20)32-23/h3-6,11-13,23,28H,2,7-10,14-15H2,1H3. The Hall–Kier alpha value is -3.52. The zero-order valence-electron chi connectivity index (χ0n) is 18.5. The fraction of sp³-hybridized carbons (Fsp3) is 0.360. The van der Waals surface area contributed by atoms with Crippen molar-refractivity contribution < 1.29 is 23.8 Å². The molecule has 3 aromatic rings. The lowest BCUT2D eigenvalue weighted by atomic mass is 10.0. The molecule has 1 fully saturated rings. The summed E-state index contributed by atoms with van der Waals surface area (Å²) in [6.45, 7) is 5.23. The highest BCUT2D eigenvalue weighted by molar-refractivity contribution is 5.83. The lowest BCUT2D eigenvalue weighted by molar-refractivity contribution is -0.143. The van der Waals surface area contributed by atoms with Crippen molar-refractivity contribution in [3.63, 3.8) is 0 Å². The van der Waals surface area contributed by atoms with Gasteiger partial charge in [0.1, 0.15) is 17.9 Å². The van der Waals surface area contributed by atoms with Crippen LogP contribution in [0.2, 0.25) is 0 Å². The smallest absolute Gasteiger partial charge is 0.336 e. The van der Waals surface area contributed by atoms with Crippen LogP contribution in [-0.2, 0) is 17.8 Å². The number of benzene rings is 2. The van der Waals surface area contributed by atoms with Gasteiger partial charge in [-0.3, -0.25) is 9.69 Å². The zero-order valence-corrected chi connectivity index (χ0v) is 18.5. The molecular weight excluding hydrogens is 424 g/mol. The lowest BCUT2D eigenvalue weighted by Gasteiger charge is -2.37. The van der Waals surface area contributed by atoms with Crippen LogP contribution in [0.3, 0.4) is 0 Å². The van der Waals surface area contributed by atoms with E-state index < -0.39 is 11.7 Å². The number of aromatic hydroxyl groups is 1. The van der Waals surface area contributed by atoms with E-state index in [1.165, 1.54) is 12.1 Å². The number of ether oxygens (including phenoxy) is 2. The topological polar surface area (TPSA) is 92.5 Å². The molecule has 0 radical (unpaired) electrons. The summed E-state index contributed by atoms with van der Waals surface area (Å²) in [5.41, 5.74) is 1.61. The van der Waals surface area contributed by atoms with Crippen LogP contribution in [0, 0.1) is 0 Å². The maximum Gasteiger partial charge on any atom is 0.336 e. The highest BCUT2D eigenvalue weighted by atomic mass is 16.6. The number of piperazine rings is 1. The minimum atomic E-state index is -0.644. The van der Waals surface area contributed by atoms with Gasteiger partial charge in [0.2, 0.25) is 6.10 Å². The number of amides is 1. The minimum absolute atomic E-state index is 0.0713. The van der Waals surface area contributed by atoms with Crippen molar-refractivity contribution in [1.82, 2.24) is 9.80 Å². The van der Waals surface area contributed by atoms with Gasteiger partial charge >= 0.3 is 5.63 Å². The number of phenols is 1. The van der Waals surface area contributed by atoms with Crippen LogP contribution in [0.15, 0.2) is 51.7 Å². The summed E-state index contributed by atoms with van der Waals surface area (Å²) in [6.07, 6.45) is 0.0349. The van der Waals surface area contributed by atoms with Crippen LogP contribution in [-0.4, -0.2) is 59.7 Å². The molecule has 1 amide bonds. The second-order valence-corrected chi connectivity index (χ2v) is 8.39. The van der Waals surface area contributed by atoms with Crippen molar-refractivity contribution in [2.45, 2.75) is 26.0 Å². The lowest BCUT2D eigenvalue weighted by Crippen LogP contribution is -2.53. The molecule has 172 valence electrons. The number of nitrogens with zero attached hydrogens (tertiary/aromatic N) is 2. The van der Waals surface area contributed by atoms with E-state index in [2.05, 4.69) is 4.90 Å². The third-order valence-corrected chi connectivity index (χ3v) is 6.27. The number of rotatable bonds is 4. The maximum atomic E-state index is 13.0. The summed E-state index contributed by atoms with van der Waals surface area (Å²) in [7, 11) is 0. The third kappa shape index (κ3) is 4.26. The average molecular weight is 450 g/mol.